The van der Waals surface area contributed by atoms with E-state index in [0.717, 1.165) is 32.1 Å². The summed E-state index contributed by atoms with van der Waals surface area (Å²) in [6.45, 7) is 13.4. The number of aliphatic hydroxyl groups is 4. The summed E-state index contributed by atoms with van der Waals surface area (Å²) in [7, 11) is 0. The van der Waals surface area contributed by atoms with Crippen molar-refractivity contribution in [2.24, 2.45) is 41.2 Å². The van der Waals surface area contributed by atoms with Gasteiger partial charge >= 0.3 is 5.97 Å². The Kier molecular flexibility index (Phi) is 12.1. The number of rotatable bonds is 8. The second-order valence-corrected chi connectivity index (χ2v) is 12.1. The lowest BCUT2D eigenvalue weighted by atomic mass is 9.67. The summed E-state index contributed by atoms with van der Waals surface area (Å²) in [4.78, 5) is 23.5. The lowest BCUT2D eigenvalue weighted by Crippen LogP contribution is -2.54. The minimum Gasteiger partial charge on any atom is -0.460 e. The third kappa shape index (κ3) is 8.99. The van der Waals surface area contributed by atoms with E-state index in [1.165, 1.54) is 6.92 Å². The highest BCUT2D eigenvalue weighted by molar-refractivity contribution is 5.83. The highest BCUT2D eigenvalue weighted by Crippen LogP contribution is 2.41. The van der Waals surface area contributed by atoms with Crippen LogP contribution in [0.5, 0.6) is 0 Å². The van der Waals surface area contributed by atoms with Crippen molar-refractivity contribution in [3.63, 3.8) is 0 Å². The maximum atomic E-state index is 12.2. The van der Waals surface area contributed by atoms with Crippen LogP contribution in [-0.2, 0) is 14.3 Å². The molecule has 2 fully saturated rings. The topological polar surface area (TPSA) is 150 Å². The number of primary amides is 1. The second kappa shape index (κ2) is 13.4. The van der Waals surface area contributed by atoms with Crippen molar-refractivity contribution >= 4 is 11.9 Å². The van der Waals surface area contributed by atoms with Gasteiger partial charge in [-0.05, 0) is 68.1 Å². The van der Waals surface area contributed by atoms with E-state index >= 15 is 0 Å². The number of carbonyl (C=O) groups excluding carboxylic acids is 2. The summed E-state index contributed by atoms with van der Waals surface area (Å²) in [5, 5.41) is 38.7. The summed E-state index contributed by atoms with van der Waals surface area (Å²) in [6, 6.07) is 0. The molecule has 0 aliphatic heterocycles. The number of carbonyl (C=O) groups is 2. The number of ether oxygens (including phenoxy) is 1. The summed E-state index contributed by atoms with van der Waals surface area (Å²) in [5.74, 6) is 0.693. The van der Waals surface area contributed by atoms with E-state index in [4.69, 9.17) is 15.6 Å². The lowest BCUT2D eigenvalue weighted by molar-refractivity contribution is -0.179. The molecule has 8 unspecified atom stereocenters. The van der Waals surface area contributed by atoms with Crippen molar-refractivity contribution in [1.29, 1.82) is 0 Å². The quantitative estimate of drug-likeness (QED) is 0.321. The molecule has 8 heteroatoms. The van der Waals surface area contributed by atoms with Crippen molar-refractivity contribution in [1.82, 2.24) is 0 Å². The average Bonchev–Trinajstić information content (AvgIpc) is 2.73. The zero-order chi connectivity index (χ0) is 27.1. The number of hydrogen-bond donors (Lipinski definition) is 5. The van der Waals surface area contributed by atoms with Gasteiger partial charge in [0, 0.05) is 6.42 Å². The van der Waals surface area contributed by atoms with Gasteiger partial charge in [-0.25, -0.2) is 4.79 Å². The van der Waals surface area contributed by atoms with Crippen molar-refractivity contribution in [3.8, 4) is 0 Å². The molecule has 2 aliphatic carbocycles. The fraction of sp³-hybridized carbons (Fsp3) is 0.926. The van der Waals surface area contributed by atoms with Crippen LogP contribution in [-0.4, -0.2) is 62.3 Å². The van der Waals surface area contributed by atoms with Gasteiger partial charge in [-0.15, -0.1) is 0 Å². The van der Waals surface area contributed by atoms with Crippen LogP contribution < -0.4 is 5.73 Å². The molecule has 0 radical (unpaired) electrons. The molecular formula is C27H51NO7. The van der Waals surface area contributed by atoms with Crippen LogP contribution in [0.3, 0.4) is 0 Å². The Morgan fingerprint density at radius 3 is 2.11 bits per heavy atom. The molecule has 0 saturated heterocycles. The molecule has 0 bridgehead atoms. The number of nitrogens with two attached hydrogens (primary N) is 1. The van der Waals surface area contributed by atoms with Crippen LogP contribution in [0, 0.1) is 35.5 Å². The molecule has 35 heavy (non-hydrogen) atoms. The molecule has 6 N–H and O–H groups in total. The van der Waals surface area contributed by atoms with E-state index in [1.54, 1.807) is 0 Å². The third-order valence-corrected chi connectivity index (χ3v) is 7.98. The summed E-state index contributed by atoms with van der Waals surface area (Å²) < 4.78 is 5.56. The van der Waals surface area contributed by atoms with E-state index in [9.17, 15) is 24.9 Å². The molecule has 0 aromatic rings. The Hall–Kier alpha value is -1.22. The molecule has 206 valence electrons. The van der Waals surface area contributed by atoms with Gasteiger partial charge in [0.15, 0.2) is 5.60 Å². The smallest absolute Gasteiger partial charge is 0.338 e. The molecule has 1 amide bonds. The van der Waals surface area contributed by atoms with Crippen LogP contribution in [0.1, 0.15) is 93.4 Å². The minimum absolute atomic E-state index is 0.0243. The molecular weight excluding hydrogens is 450 g/mol. The first-order valence-electron chi connectivity index (χ1n) is 13.3. The SMILES string of the molecule is CC1CCC(C(C)C)C(O)(C(N)=O)C1.CC1CCC(C(C)C)C(OC(=O)C(C)(O)CC(O)CO)C1. The normalized spacial score (nSPS) is 33.9. The molecule has 2 rings (SSSR count). The average molecular weight is 502 g/mol. The molecule has 8 atom stereocenters. The van der Waals surface area contributed by atoms with Gasteiger partial charge in [0.1, 0.15) is 11.7 Å². The first-order valence-corrected chi connectivity index (χ1v) is 13.3. The van der Waals surface area contributed by atoms with Crippen LogP contribution in [0.15, 0.2) is 0 Å². The van der Waals surface area contributed by atoms with Crippen molar-refractivity contribution < 1.29 is 34.8 Å². The van der Waals surface area contributed by atoms with Gasteiger partial charge in [0.25, 0.3) is 0 Å². The number of aliphatic hydroxyl groups excluding tert-OH is 2. The van der Waals surface area contributed by atoms with E-state index in [2.05, 4.69) is 27.7 Å². The molecule has 0 aromatic heterocycles. The van der Waals surface area contributed by atoms with Crippen LogP contribution in [0.25, 0.3) is 0 Å². The molecule has 8 nitrogen and oxygen atoms in total. The van der Waals surface area contributed by atoms with E-state index < -0.39 is 35.8 Å². The highest BCUT2D eigenvalue weighted by Gasteiger charge is 2.47. The van der Waals surface area contributed by atoms with Crippen LogP contribution >= 0.6 is 0 Å². The molecule has 0 aromatic carbocycles. The molecule has 0 spiro atoms. The second-order valence-electron chi connectivity index (χ2n) is 12.1. The van der Waals surface area contributed by atoms with Gasteiger partial charge in [0.2, 0.25) is 5.91 Å². The predicted molar refractivity (Wildman–Crippen MR) is 135 cm³/mol. The van der Waals surface area contributed by atoms with Crippen molar-refractivity contribution in [2.45, 2.75) is 117 Å². The number of hydrogen-bond acceptors (Lipinski definition) is 7. The fourth-order valence-corrected chi connectivity index (χ4v) is 5.78. The number of amides is 1. The van der Waals surface area contributed by atoms with Gasteiger partial charge in [-0.1, -0.05) is 54.4 Å². The zero-order valence-electron chi connectivity index (χ0n) is 22.9. The van der Waals surface area contributed by atoms with Gasteiger partial charge in [-0.2, -0.15) is 0 Å². The largest absolute Gasteiger partial charge is 0.460 e. The maximum Gasteiger partial charge on any atom is 0.338 e. The van der Waals surface area contributed by atoms with Crippen molar-refractivity contribution in [2.75, 3.05) is 6.61 Å². The predicted octanol–water partition coefficient (Wildman–Crippen LogP) is 2.78. The zero-order valence-corrected chi connectivity index (χ0v) is 22.9. The Bertz CT molecular complexity index is 680. The molecule has 2 aliphatic rings. The van der Waals surface area contributed by atoms with Gasteiger partial charge in [0.05, 0.1) is 12.7 Å². The molecule has 2 saturated carbocycles. The number of esters is 1. The maximum absolute atomic E-state index is 12.2. The Labute approximate surface area is 211 Å². The Morgan fingerprint density at radius 1 is 1.06 bits per heavy atom. The van der Waals surface area contributed by atoms with E-state index in [-0.39, 0.29) is 18.4 Å². The lowest BCUT2D eigenvalue weighted by Gasteiger charge is -2.42. The summed E-state index contributed by atoms with van der Waals surface area (Å²) >= 11 is 0. The fourth-order valence-electron chi connectivity index (χ4n) is 5.78. The van der Waals surface area contributed by atoms with Crippen LogP contribution in [0.2, 0.25) is 0 Å². The molecule has 0 heterocycles. The Balaban J connectivity index is 0.000000379. The standard InChI is InChI=1S/C16H30O5.C11H21NO2/c1-10(2)13-6-5-11(3)7-14(13)21-15(19)16(4,20)8-12(18)9-17;1-7(2)9-5-4-8(3)6-11(9,14)10(12)13/h10-14,17-18,20H,5-9H2,1-4H3;7-9,14H,4-6H2,1-3H3,(H2,12,13). The van der Waals surface area contributed by atoms with Gasteiger partial charge in [-0.3, -0.25) is 4.79 Å². The Morgan fingerprint density at radius 2 is 1.63 bits per heavy atom. The van der Waals surface area contributed by atoms with Gasteiger partial charge < -0.3 is 30.9 Å². The third-order valence-electron chi connectivity index (χ3n) is 7.98. The summed E-state index contributed by atoms with van der Waals surface area (Å²) in [5.41, 5.74) is 2.26. The monoisotopic (exact) mass is 501 g/mol. The van der Waals surface area contributed by atoms with Crippen molar-refractivity contribution in [3.05, 3.63) is 0 Å². The van der Waals surface area contributed by atoms with E-state index in [1.807, 2.05) is 13.8 Å². The highest BCUT2D eigenvalue weighted by atomic mass is 16.6. The minimum atomic E-state index is -1.77. The van der Waals surface area contributed by atoms with E-state index in [0.29, 0.717) is 36.0 Å². The van der Waals surface area contributed by atoms with Crippen LogP contribution in [0.4, 0.5) is 0 Å². The first kappa shape index (κ1) is 31.8. The summed E-state index contributed by atoms with van der Waals surface area (Å²) in [6.07, 6.45) is 3.94. The first-order chi connectivity index (χ1) is 16.0.